The van der Waals surface area contributed by atoms with Gasteiger partial charge in [-0.05, 0) is 25.1 Å². The Labute approximate surface area is 153 Å². The largest absolute Gasteiger partial charge is 0.501 e. The Balaban J connectivity index is 1.97. The molecule has 2 N–H and O–H groups in total. The minimum atomic E-state index is -4.12. The molecule has 2 aromatic carbocycles. The third-order valence-electron chi connectivity index (χ3n) is 3.92. The van der Waals surface area contributed by atoms with Crippen molar-refractivity contribution < 1.29 is 27.4 Å². The molecule has 136 valence electrons. The highest BCUT2D eigenvalue weighted by molar-refractivity contribution is 7.89. The van der Waals surface area contributed by atoms with Crippen molar-refractivity contribution in [2.45, 2.75) is 17.4 Å². The van der Waals surface area contributed by atoms with Crippen LogP contribution in [0.2, 0.25) is 5.02 Å². The standard InChI is InChI=1S/C17H13ClFNO5S/c1-17(11-8-5-9-12(18)13(11)19)15(22)14(21)16(25-17)20-26(23,24)10-6-3-2-4-7-10/h2-9,20-21H,1H3. The molecule has 0 fully saturated rings. The molecule has 3 rings (SSSR count). The van der Waals surface area contributed by atoms with Gasteiger partial charge < -0.3 is 9.84 Å². The number of rotatable bonds is 4. The molecular weight excluding hydrogens is 385 g/mol. The van der Waals surface area contributed by atoms with E-state index in [0.717, 1.165) is 0 Å². The van der Waals surface area contributed by atoms with Gasteiger partial charge >= 0.3 is 0 Å². The van der Waals surface area contributed by atoms with Gasteiger partial charge in [0.15, 0.2) is 0 Å². The van der Waals surface area contributed by atoms with Gasteiger partial charge in [0.1, 0.15) is 5.82 Å². The fourth-order valence-electron chi connectivity index (χ4n) is 2.53. The first-order chi connectivity index (χ1) is 12.2. The predicted molar refractivity (Wildman–Crippen MR) is 91.3 cm³/mol. The van der Waals surface area contributed by atoms with Crippen molar-refractivity contribution in [3.05, 3.63) is 76.6 Å². The minimum absolute atomic E-state index is 0.0983. The highest BCUT2D eigenvalue weighted by Crippen LogP contribution is 2.39. The molecule has 1 heterocycles. The van der Waals surface area contributed by atoms with Crippen LogP contribution in [0.25, 0.3) is 0 Å². The molecule has 1 unspecified atom stereocenters. The lowest BCUT2D eigenvalue weighted by Crippen LogP contribution is -2.33. The van der Waals surface area contributed by atoms with E-state index in [1.54, 1.807) is 6.07 Å². The van der Waals surface area contributed by atoms with Crippen molar-refractivity contribution in [2.24, 2.45) is 0 Å². The molecule has 0 saturated carbocycles. The molecule has 26 heavy (non-hydrogen) atoms. The zero-order valence-corrected chi connectivity index (χ0v) is 14.9. The minimum Gasteiger partial charge on any atom is -0.501 e. The van der Waals surface area contributed by atoms with Gasteiger partial charge in [-0.15, -0.1) is 0 Å². The van der Waals surface area contributed by atoms with Crippen molar-refractivity contribution in [1.82, 2.24) is 4.72 Å². The fourth-order valence-corrected chi connectivity index (χ4v) is 3.72. The lowest BCUT2D eigenvalue weighted by Gasteiger charge is -2.24. The molecule has 0 bridgehead atoms. The molecule has 0 spiro atoms. The fraction of sp³-hybridized carbons (Fsp3) is 0.118. The number of ketones is 1. The number of hydrogen-bond acceptors (Lipinski definition) is 5. The van der Waals surface area contributed by atoms with E-state index in [1.165, 1.54) is 49.4 Å². The van der Waals surface area contributed by atoms with E-state index in [1.807, 2.05) is 4.72 Å². The molecule has 1 atom stereocenters. The number of ether oxygens (including phenoxy) is 1. The molecule has 9 heteroatoms. The Morgan fingerprint density at radius 1 is 1.15 bits per heavy atom. The van der Waals surface area contributed by atoms with Gasteiger partial charge in [0.25, 0.3) is 15.8 Å². The van der Waals surface area contributed by atoms with E-state index in [9.17, 15) is 22.7 Å². The highest BCUT2D eigenvalue weighted by atomic mass is 35.5. The van der Waals surface area contributed by atoms with Crippen LogP contribution in [0, 0.1) is 5.82 Å². The van der Waals surface area contributed by atoms with Crippen molar-refractivity contribution in [1.29, 1.82) is 0 Å². The lowest BCUT2D eigenvalue weighted by molar-refractivity contribution is -0.132. The number of aliphatic hydroxyl groups is 1. The second kappa shape index (κ2) is 6.30. The van der Waals surface area contributed by atoms with Gasteiger partial charge in [0.2, 0.25) is 17.2 Å². The van der Waals surface area contributed by atoms with Gasteiger partial charge in [-0.25, -0.2) is 17.5 Å². The van der Waals surface area contributed by atoms with Crippen molar-refractivity contribution in [2.75, 3.05) is 0 Å². The lowest BCUT2D eigenvalue weighted by atomic mass is 9.91. The Morgan fingerprint density at radius 2 is 1.81 bits per heavy atom. The Morgan fingerprint density at radius 3 is 2.46 bits per heavy atom. The molecule has 0 aromatic heterocycles. The number of halogens is 2. The van der Waals surface area contributed by atoms with Gasteiger partial charge in [-0.3, -0.25) is 4.79 Å². The quantitative estimate of drug-likeness (QED) is 0.827. The summed E-state index contributed by atoms with van der Waals surface area (Å²) in [7, 11) is -4.12. The number of sulfonamides is 1. The number of Topliss-reactive ketones (excluding diaryl/α,β-unsaturated/α-hetero) is 1. The SMILES string of the molecule is CC1(c2cccc(Cl)c2F)OC(NS(=O)(=O)c2ccccc2)=C(O)C1=O. The van der Waals surface area contributed by atoms with E-state index in [2.05, 4.69) is 0 Å². The van der Waals surface area contributed by atoms with Crippen molar-refractivity contribution >= 4 is 27.4 Å². The van der Waals surface area contributed by atoms with Crippen LogP contribution >= 0.6 is 11.6 Å². The summed E-state index contributed by atoms with van der Waals surface area (Å²) in [5, 5.41) is 9.81. The summed E-state index contributed by atoms with van der Waals surface area (Å²) < 4.78 is 46.4. The van der Waals surface area contributed by atoms with Crippen LogP contribution in [0.3, 0.4) is 0 Å². The Bertz CT molecular complexity index is 1020. The summed E-state index contributed by atoms with van der Waals surface area (Å²) in [6.45, 7) is 1.21. The van der Waals surface area contributed by atoms with Crippen LogP contribution in [0.15, 0.2) is 65.1 Å². The smallest absolute Gasteiger partial charge is 0.264 e. The molecule has 1 aliphatic rings. The van der Waals surface area contributed by atoms with Crippen molar-refractivity contribution in [3.63, 3.8) is 0 Å². The van der Waals surface area contributed by atoms with E-state index < -0.39 is 38.9 Å². The molecule has 0 radical (unpaired) electrons. The van der Waals surface area contributed by atoms with Crippen LogP contribution in [0.4, 0.5) is 4.39 Å². The average Bonchev–Trinajstić information content (AvgIpc) is 2.82. The number of carbonyl (C=O) groups is 1. The van der Waals surface area contributed by atoms with E-state index in [4.69, 9.17) is 16.3 Å². The summed E-state index contributed by atoms with van der Waals surface area (Å²) in [6.07, 6.45) is 0. The van der Waals surface area contributed by atoms with Gasteiger partial charge in [0.05, 0.1) is 9.92 Å². The molecule has 2 aromatic rings. The van der Waals surface area contributed by atoms with Crippen LogP contribution in [0.5, 0.6) is 0 Å². The van der Waals surface area contributed by atoms with Gasteiger partial charge in [-0.2, -0.15) is 0 Å². The molecule has 0 amide bonds. The number of benzene rings is 2. The number of hydrogen-bond donors (Lipinski definition) is 2. The summed E-state index contributed by atoms with van der Waals surface area (Å²) in [4.78, 5) is 12.3. The summed E-state index contributed by atoms with van der Waals surface area (Å²) in [6, 6.07) is 11.3. The maximum Gasteiger partial charge on any atom is 0.264 e. The maximum atomic E-state index is 14.3. The number of carbonyl (C=O) groups excluding carboxylic acids is 1. The number of nitrogens with one attached hydrogen (secondary N) is 1. The van der Waals surface area contributed by atoms with E-state index in [0.29, 0.717) is 0 Å². The third kappa shape index (κ3) is 2.91. The van der Waals surface area contributed by atoms with Crippen LogP contribution in [-0.4, -0.2) is 19.3 Å². The first kappa shape index (κ1) is 18.2. The Hall–Kier alpha value is -2.58. The summed E-state index contributed by atoms with van der Waals surface area (Å²) >= 11 is 5.73. The summed E-state index contributed by atoms with van der Waals surface area (Å²) in [5.41, 5.74) is -2.19. The normalized spacial score (nSPS) is 20.2. The molecule has 6 nitrogen and oxygen atoms in total. The third-order valence-corrected chi connectivity index (χ3v) is 5.55. The Kier molecular flexibility index (Phi) is 4.41. The molecule has 0 aliphatic carbocycles. The van der Waals surface area contributed by atoms with Gasteiger partial charge in [0, 0.05) is 5.56 Å². The van der Waals surface area contributed by atoms with Crippen LogP contribution in [0.1, 0.15) is 12.5 Å². The van der Waals surface area contributed by atoms with E-state index in [-0.39, 0.29) is 15.5 Å². The maximum absolute atomic E-state index is 14.3. The molecule has 1 aliphatic heterocycles. The first-order valence-corrected chi connectivity index (χ1v) is 9.22. The van der Waals surface area contributed by atoms with Crippen molar-refractivity contribution in [3.8, 4) is 0 Å². The zero-order chi connectivity index (χ0) is 19.1. The highest BCUT2D eigenvalue weighted by Gasteiger charge is 2.50. The second-order valence-corrected chi connectivity index (χ2v) is 7.75. The topological polar surface area (TPSA) is 92.7 Å². The second-order valence-electron chi connectivity index (χ2n) is 5.66. The average molecular weight is 398 g/mol. The van der Waals surface area contributed by atoms with Crippen LogP contribution in [-0.2, 0) is 25.2 Å². The van der Waals surface area contributed by atoms with E-state index >= 15 is 0 Å². The summed E-state index contributed by atoms with van der Waals surface area (Å²) in [5.74, 6) is -3.53. The predicted octanol–water partition coefficient (Wildman–Crippen LogP) is 3.00. The molecular formula is C17H13ClFNO5S. The first-order valence-electron chi connectivity index (χ1n) is 7.36. The van der Waals surface area contributed by atoms with Gasteiger partial charge in [-0.1, -0.05) is 41.9 Å². The zero-order valence-electron chi connectivity index (χ0n) is 13.4. The number of aliphatic hydroxyl groups excluding tert-OH is 1. The molecule has 0 saturated heterocycles. The van der Waals surface area contributed by atoms with Crippen LogP contribution < -0.4 is 4.72 Å². The monoisotopic (exact) mass is 397 g/mol.